The fourth-order valence-corrected chi connectivity index (χ4v) is 1.63. The smallest absolute Gasteiger partial charge is 0.177 e. The zero-order valence-electron chi connectivity index (χ0n) is 8.94. The number of nitrogens with one attached hydrogen (secondary N) is 1. The first-order valence-electron chi connectivity index (χ1n) is 5.09. The molecule has 0 atom stereocenters. The topological polar surface area (TPSA) is 54.5 Å². The van der Waals surface area contributed by atoms with Gasteiger partial charge in [-0.25, -0.2) is 0 Å². The first-order chi connectivity index (χ1) is 7.27. The molecule has 2 rings (SSSR count). The fourth-order valence-electron chi connectivity index (χ4n) is 1.63. The summed E-state index contributed by atoms with van der Waals surface area (Å²) in [5, 5.41) is 14.1. The van der Waals surface area contributed by atoms with Crippen LogP contribution in [0.1, 0.15) is 19.4 Å². The van der Waals surface area contributed by atoms with E-state index in [9.17, 15) is 0 Å². The van der Waals surface area contributed by atoms with E-state index in [2.05, 4.69) is 40.5 Å². The molecule has 0 aliphatic carbocycles. The van der Waals surface area contributed by atoms with Gasteiger partial charge in [0.15, 0.2) is 0 Å². The Morgan fingerprint density at radius 3 is 2.73 bits per heavy atom. The van der Waals surface area contributed by atoms with E-state index < -0.39 is 0 Å². The fraction of sp³-hybridized carbons (Fsp3) is 0.364. The Balaban J connectivity index is 2.38. The van der Waals surface area contributed by atoms with Crippen molar-refractivity contribution < 1.29 is 0 Å². The molecule has 4 nitrogen and oxygen atoms in total. The number of hydrogen-bond donors (Lipinski definition) is 1. The van der Waals surface area contributed by atoms with E-state index in [0.717, 1.165) is 12.0 Å². The van der Waals surface area contributed by atoms with E-state index in [4.69, 9.17) is 0 Å². The predicted octanol–water partition coefficient (Wildman–Crippen LogP) is 2.07. The Morgan fingerprint density at radius 2 is 2.07 bits per heavy atom. The van der Waals surface area contributed by atoms with Crippen LogP contribution in [-0.2, 0) is 6.42 Å². The summed E-state index contributed by atoms with van der Waals surface area (Å²) >= 11 is 0. The maximum atomic E-state index is 4.01. The second kappa shape index (κ2) is 4.21. The zero-order chi connectivity index (χ0) is 10.7. The van der Waals surface area contributed by atoms with Crippen molar-refractivity contribution in [1.82, 2.24) is 20.6 Å². The van der Waals surface area contributed by atoms with Gasteiger partial charge in [0.25, 0.3) is 0 Å². The highest BCUT2D eigenvalue weighted by Crippen LogP contribution is 2.21. The van der Waals surface area contributed by atoms with Crippen LogP contribution in [0.4, 0.5) is 0 Å². The van der Waals surface area contributed by atoms with Gasteiger partial charge >= 0.3 is 0 Å². The van der Waals surface area contributed by atoms with Crippen molar-refractivity contribution in [2.75, 3.05) is 0 Å². The molecule has 0 fully saturated rings. The van der Waals surface area contributed by atoms with Crippen LogP contribution in [-0.4, -0.2) is 20.6 Å². The number of benzene rings is 1. The predicted molar refractivity (Wildman–Crippen MR) is 58.2 cm³/mol. The molecule has 2 aromatic rings. The van der Waals surface area contributed by atoms with E-state index >= 15 is 0 Å². The quantitative estimate of drug-likeness (QED) is 0.828. The van der Waals surface area contributed by atoms with Gasteiger partial charge < -0.3 is 0 Å². The van der Waals surface area contributed by atoms with Crippen LogP contribution in [0.15, 0.2) is 24.3 Å². The molecule has 4 heteroatoms. The molecule has 1 aromatic carbocycles. The number of aromatic nitrogens is 4. The molecular weight excluding hydrogens is 188 g/mol. The standard InChI is InChI=1S/C11H14N4/c1-8(2)7-9-5-3-4-6-10(9)11-12-14-15-13-11/h3-6,8H,7H2,1-2H3,(H,12,13,14,15). The zero-order valence-corrected chi connectivity index (χ0v) is 8.94. The first kappa shape index (κ1) is 9.83. The van der Waals surface area contributed by atoms with Crippen LogP contribution >= 0.6 is 0 Å². The monoisotopic (exact) mass is 202 g/mol. The van der Waals surface area contributed by atoms with Gasteiger partial charge in [0, 0.05) is 5.56 Å². The Kier molecular flexibility index (Phi) is 2.76. The summed E-state index contributed by atoms with van der Waals surface area (Å²) in [6.07, 6.45) is 1.03. The largest absolute Gasteiger partial charge is 0.204 e. The van der Waals surface area contributed by atoms with Crippen LogP contribution in [0.5, 0.6) is 0 Å². The van der Waals surface area contributed by atoms with E-state index in [0.29, 0.717) is 11.7 Å². The van der Waals surface area contributed by atoms with Crippen LogP contribution in [0.3, 0.4) is 0 Å². The Hall–Kier alpha value is -1.71. The highest BCUT2D eigenvalue weighted by Gasteiger charge is 2.09. The highest BCUT2D eigenvalue weighted by atomic mass is 15.5. The third-order valence-electron chi connectivity index (χ3n) is 2.23. The van der Waals surface area contributed by atoms with E-state index in [-0.39, 0.29) is 0 Å². The molecule has 1 N–H and O–H groups in total. The first-order valence-corrected chi connectivity index (χ1v) is 5.09. The summed E-state index contributed by atoms with van der Waals surface area (Å²) in [6, 6.07) is 8.19. The summed E-state index contributed by atoms with van der Waals surface area (Å²) in [5.41, 5.74) is 2.34. The van der Waals surface area contributed by atoms with Gasteiger partial charge in [-0.05, 0) is 23.1 Å². The Bertz CT molecular complexity index is 420. The molecule has 0 amide bonds. The summed E-state index contributed by atoms with van der Waals surface area (Å²) in [4.78, 5) is 0. The molecule has 0 unspecified atom stereocenters. The summed E-state index contributed by atoms with van der Waals surface area (Å²) < 4.78 is 0. The van der Waals surface area contributed by atoms with Crippen molar-refractivity contribution in [2.45, 2.75) is 20.3 Å². The molecule has 0 aliphatic rings. The lowest BCUT2D eigenvalue weighted by molar-refractivity contribution is 0.648. The average molecular weight is 202 g/mol. The minimum Gasteiger partial charge on any atom is -0.177 e. The number of nitrogens with zero attached hydrogens (tertiary/aromatic N) is 3. The molecular formula is C11H14N4. The third-order valence-corrected chi connectivity index (χ3v) is 2.23. The van der Waals surface area contributed by atoms with Crippen LogP contribution in [0, 0.1) is 5.92 Å². The molecule has 1 aromatic heterocycles. The maximum Gasteiger partial charge on any atom is 0.204 e. The number of tetrazole rings is 1. The summed E-state index contributed by atoms with van der Waals surface area (Å²) in [7, 11) is 0. The second-order valence-electron chi connectivity index (χ2n) is 3.99. The van der Waals surface area contributed by atoms with Crippen molar-refractivity contribution in [3.05, 3.63) is 29.8 Å². The van der Waals surface area contributed by atoms with Crippen LogP contribution in [0.2, 0.25) is 0 Å². The molecule has 1 heterocycles. The molecule has 0 bridgehead atoms. The number of aromatic amines is 1. The van der Waals surface area contributed by atoms with Crippen molar-refractivity contribution >= 4 is 0 Å². The van der Waals surface area contributed by atoms with Crippen molar-refractivity contribution in [3.8, 4) is 11.4 Å². The van der Waals surface area contributed by atoms with Gasteiger partial charge in [-0.15, -0.1) is 10.2 Å². The van der Waals surface area contributed by atoms with Gasteiger partial charge in [-0.2, -0.15) is 5.21 Å². The normalized spacial score (nSPS) is 10.9. The minimum absolute atomic E-state index is 0.623. The summed E-state index contributed by atoms with van der Waals surface area (Å²) in [6.45, 7) is 4.40. The average Bonchev–Trinajstić information content (AvgIpc) is 2.70. The van der Waals surface area contributed by atoms with E-state index in [1.807, 2.05) is 18.2 Å². The van der Waals surface area contributed by atoms with E-state index in [1.54, 1.807) is 0 Å². The van der Waals surface area contributed by atoms with Crippen LogP contribution in [0.25, 0.3) is 11.4 Å². The van der Waals surface area contributed by atoms with Gasteiger partial charge in [0.2, 0.25) is 5.82 Å². The van der Waals surface area contributed by atoms with E-state index in [1.165, 1.54) is 5.56 Å². The minimum atomic E-state index is 0.623. The third kappa shape index (κ3) is 2.21. The van der Waals surface area contributed by atoms with Crippen LogP contribution < -0.4 is 0 Å². The maximum absolute atomic E-state index is 4.01. The molecule has 0 spiro atoms. The lowest BCUT2D eigenvalue weighted by Gasteiger charge is -2.08. The summed E-state index contributed by atoms with van der Waals surface area (Å²) in [5.74, 6) is 1.30. The van der Waals surface area contributed by atoms with Gasteiger partial charge in [-0.3, -0.25) is 0 Å². The van der Waals surface area contributed by atoms with Gasteiger partial charge in [0.1, 0.15) is 0 Å². The molecule has 0 saturated heterocycles. The Labute approximate surface area is 88.7 Å². The molecule has 0 aliphatic heterocycles. The lowest BCUT2D eigenvalue weighted by atomic mass is 9.98. The second-order valence-corrected chi connectivity index (χ2v) is 3.99. The Morgan fingerprint density at radius 1 is 1.27 bits per heavy atom. The van der Waals surface area contributed by atoms with Crippen molar-refractivity contribution in [1.29, 1.82) is 0 Å². The SMILES string of the molecule is CC(C)Cc1ccccc1-c1nn[nH]n1. The lowest BCUT2D eigenvalue weighted by Crippen LogP contribution is -1.97. The van der Waals surface area contributed by atoms with Crippen molar-refractivity contribution in [3.63, 3.8) is 0 Å². The molecule has 15 heavy (non-hydrogen) atoms. The van der Waals surface area contributed by atoms with Gasteiger partial charge in [0.05, 0.1) is 0 Å². The molecule has 0 saturated carbocycles. The highest BCUT2D eigenvalue weighted by molar-refractivity contribution is 5.59. The molecule has 0 radical (unpaired) electrons. The number of rotatable bonds is 3. The van der Waals surface area contributed by atoms with Gasteiger partial charge in [-0.1, -0.05) is 38.1 Å². The van der Waals surface area contributed by atoms with Crippen molar-refractivity contribution in [2.24, 2.45) is 5.92 Å². The number of H-pyrrole nitrogens is 1. The number of hydrogen-bond acceptors (Lipinski definition) is 3. The molecule has 78 valence electrons.